The van der Waals surface area contributed by atoms with Crippen LogP contribution in [0.1, 0.15) is 10.4 Å². The van der Waals surface area contributed by atoms with Crippen molar-refractivity contribution < 1.29 is 4.92 Å². The first-order valence-electron chi connectivity index (χ1n) is 5.83. The summed E-state index contributed by atoms with van der Waals surface area (Å²) in [5.41, 5.74) is 6.49. The first-order valence-corrected chi connectivity index (χ1v) is 7.70. The van der Waals surface area contributed by atoms with Crippen LogP contribution >= 0.6 is 23.1 Å². The predicted octanol–water partition coefficient (Wildman–Crippen LogP) is 3.26. The maximum absolute atomic E-state index is 10.6. The molecule has 0 spiro atoms. The Morgan fingerprint density at radius 1 is 1.30 bits per heavy atom. The molecule has 1 aromatic heterocycles. The predicted molar refractivity (Wildman–Crippen MR) is 82.9 cm³/mol. The largest absolute Gasteiger partial charge is 0.320 e. The van der Waals surface area contributed by atoms with E-state index in [1.54, 1.807) is 35.2 Å². The molecule has 2 rings (SSSR count). The fourth-order valence-corrected chi connectivity index (χ4v) is 3.37. The van der Waals surface area contributed by atoms with Crippen LogP contribution in [0.3, 0.4) is 0 Å². The second kappa shape index (κ2) is 7.10. The Bertz CT molecular complexity index is 654. The van der Waals surface area contributed by atoms with Gasteiger partial charge in [-0.1, -0.05) is 11.8 Å². The second-order valence-electron chi connectivity index (χ2n) is 3.80. The number of non-ortho nitro benzene ring substituents is 1. The molecule has 0 saturated carbocycles. The third-order valence-corrected chi connectivity index (χ3v) is 4.63. The van der Waals surface area contributed by atoms with Crippen LogP contribution in [-0.2, 0) is 5.75 Å². The van der Waals surface area contributed by atoms with E-state index in [0.717, 1.165) is 16.2 Å². The molecule has 0 radical (unpaired) electrons. The fourth-order valence-electron chi connectivity index (χ4n) is 1.52. The van der Waals surface area contributed by atoms with Crippen LogP contribution in [-0.4, -0.2) is 11.5 Å². The third-order valence-electron chi connectivity index (χ3n) is 2.49. The number of hydrogen-bond acceptors (Lipinski definition) is 5. The number of nitrogens with two attached hydrogens (primary N) is 1. The highest BCUT2D eigenvalue weighted by atomic mass is 32.2. The minimum absolute atomic E-state index is 0.111. The van der Waals surface area contributed by atoms with E-state index in [0.29, 0.717) is 6.54 Å². The van der Waals surface area contributed by atoms with Crippen LogP contribution in [0.5, 0.6) is 0 Å². The van der Waals surface area contributed by atoms with Crippen LogP contribution in [0.4, 0.5) is 5.69 Å². The van der Waals surface area contributed by atoms with E-state index in [1.807, 2.05) is 11.4 Å². The van der Waals surface area contributed by atoms with Crippen molar-refractivity contribution in [3.05, 3.63) is 56.3 Å². The lowest BCUT2D eigenvalue weighted by Crippen LogP contribution is -1.93. The highest BCUT2D eigenvalue weighted by Crippen LogP contribution is 2.28. The highest BCUT2D eigenvalue weighted by Gasteiger charge is 2.06. The van der Waals surface area contributed by atoms with Crippen LogP contribution < -0.4 is 5.73 Å². The number of nitro benzene ring substituents is 1. The average Bonchev–Trinajstić information content (AvgIpc) is 2.90. The number of thiophene rings is 1. The van der Waals surface area contributed by atoms with Gasteiger partial charge in [-0.2, -0.15) is 0 Å². The fraction of sp³-hybridized carbons (Fsp3) is 0.143. The Hall–Kier alpha value is -1.81. The molecule has 0 unspecified atom stereocenters. The van der Waals surface area contributed by atoms with E-state index in [1.165, 1.54) is 17.0 Å². The number of thioether (sulfide) groups is 1. The van der Waals surface area contributed by atoms with E-state index in [4.69, 9.17) is 5.73 Å². The zero-order valence-corrected chi connectivity index (χ0v) is 12.2. The second-order valence-corrected chi connectivity index (χ2v) is 5.85. The molecule has 20 heavy (non-hydrogen) atoms. The maximum Gasteiger partial charge on any atom is 0.269 e. The van der Waals surface area contributed by atoms with E-state index in [-0.39, 0.29) is 5.69 Å². The first-order chi connectivity index (χ1) is 9.70. The van der Waals surface area contributed by atoms with Gasteiger partial charge in [0.1, 0.15) is 0 Å². The normalized spacial score (nSPS) is 9.85. The lowest BCUT2D eigenvalue weighted by atomic mass is 10.3. The van der Waals surface area contributed by atoms with Crippen molar-refractivity contribution in [3.8, 4) is 11.8 Å². The third kappa shape index (κ3) is 3.84. The van der Waals surface area contributed by atoms with Gasteiger partial charge in [-0.3, -0.25) is 10.1 Å². The van der Waals surface area contributed by atoms with Crippen molar-refractivity contribution in [2.24, 2.45) is 5.73 Å². The van der Waals surface area contributed by atoms with Gasteiger partial charge in [0.25, 0.3) is 5.69 Å². The number of hydrogen-bond donors (Lipinski definition) is 1. The first kappa shape index (κ1) is 14.6. The van der Waals surface area contributed by atoms with Crippen LogP contribution in [0.15, 0.2) is 40.6 Å². The molecule has 0 fully saturated rings. The zero-order valence-electron chi connectivity index (χ0n) is 10.5. The van der Waals surface area contributed by atoms with Gasteiger partial charge in [0, 0.05) is 33.2 Å². The van der Waals surface area contributed by atoms with Gasteiger partial charge in [0.15, 0.2) is 0 Å². The Morgan fingerprint density at radius 2 is 2.05 bits per heavy atom. The van der Waals surface area contributed by atoms with Gasteiger partial charge >= 0.3 is 0 Å². The summed E-state index contributed by atoms with van der Waals surface area (Å²) in [6.07, 6.45) is 0. The van der Waals surface area contributed by atoms with Crippen LogP contribution in [0.25, 0.3) is 0 Å². The molecule has 2 N–H and O–H groups in total. The molecular formula is C14H12N2O2S2. The van der Waals surface area contributed by atoms with Gasteiger partial charge in [0.2, 0.25) is 0 Å². The Balaban J connectivity index is 2.02. The monoisotopic (exact) mass is 304 g/mol. The van der Waals surface area contributed by atoms with E-state index in [2.05, 4.69) is 11.8 Å². The molecule has 2 aromatic rings. The van der Waals surface area contributed by atoms with Crippen molar-refractivity contribution >= 4 is 28.8 Å². The Kier molecular flexibility index (Phi) is 5.18. The van der Waals surface area contributed by atoms with Gasteiger partial charge in [0.05, 0.1) is 11.5 Å². The minimum atomic E-state index is -0.395. The average molecular weight is 304 g/mol. The number of rotatable bonds is 4. The van der Waals surface area contributed by atoms with Gasteiger partial charge in [-0.05, 0) is 23.6 Å². The summed E-state index contributed by atoms with van der Waals surface area (Å²) in [7, 11) is 0. The number of nitro groups is 1. The summed E-state index contributed by atoms with van der Waals surface area (Å²) in [6.45, 7) is 0.352. The van der Waals surface area contributed by atoms with Crippen molar-refractivity contribution in [2.45, 2.75) is 10.6 Å². The van der Waals surface area contributed by atoms with Gasteiger partial charge in [-0.15, -0.1) is 23.1 Å². The maximum atomic E-state index is 10.6. The van der Waals surface area contributed by atoms with Crippen molar-refractivity contribution in [1.82, 2.24) is 0 Å². The molecule has 1 heterocycles. The molecule has 0 aliphatic carbocycles. The molecule has 0 aliphatic rings. The molecule has 0 atom stereocenters. The number of benzene rings is 1. The zero-order chi connectivity index (χ0) is 14.4. The van der Waals surface area contributed by atoms with Crippen molar-refractivity contribution in [2.75, 3.05) is 6.54 Å². The molecule has 1 aromatic carbocycles. The molecule has 0 amide bonds. The van der Waals surface area contributed by atoms with Crippen molar-refractivity contribution in [1.29, 1.82) is 0 Å². The van der Waals surface area contributed by atoms with Gasteiger partial charge < -0.3 is 5.73 Å². The Morgan fingerprint density at radius 3 is 2.70 bits per heavy atom. The lowest BCUT2D eigenvalue weighted by molar-refractivity contribution is -0.384. The SMILES string of the molecule is NCC#Cc1ccsc1CSc1ccc([N+](=O)[O-])cc1. The summed E-state index contributed by atoms with van der Waals surface area (Å²) in [6, 6.07) is 8.56. The van der Waals surface area contributed by atoms with Crippen LogP contribution in [0, 0.1) is 22.0 Å². The number of nitrogens with zero attached hydrogens (tertiary/aromatic N) is 1. The van der Waals surface area contributed by atoms with Crippen LogP contribution in [0.2, 0.25) is 0 Å². The summed E-state index contributed by atoms with van der Waals surface area (Å²) >= 11 is 3.29. The molecule has 0 bridgehead atoms. The quantitative estimate of drug-likeness (QED) is 0.407. The molecule has 0 saturated heterocycles. The standard InChI is InChI=1S/C14H12N2O2S2/c15-8-1-2-11-7-9-19-14(11)10-20-13-5-3-12(4-6-13)16(17)18/h3-7,9H,8,10,15H2. The Labute approximate surface area is 125 Å². The smallest absolute Gasteiger partial charge is 0.269 e. The topological polar surface area (TPSA) is 69.2 Å². The molecule has 0 aliphatic heterocycles. The van der Waals surface area contributed by atoms with E-state index >= 15 is 0 Å². The molecule has 102 valence electrons. The molecule has 4 nitrogen and oxygen atoms in total. The summed E-state index contributed by atoms with van der Waals surface area (Å²) < 4.78 is 0. The molecule has 6 heteroatoms. The minimum Gasteiger partial charge on any atom is -0.320 e. The van der Waals surface area contributed by atoms with E-state index in [9.17, 15) is 10.1 Å². The van der Waals surface area contributed by atoms with Gasteiger partial charge in [-0.25, -0.2) is 0 Å². The van der Waals surface area contributed by atoms with E-state index < -0.39 is 4.92 Å². The lowest BCUT2D eigenvalue weighted by Gasteiger charge is -2.00. The summed E-state index contributed by atoms with van der Waals surface area (Å²) in [4.78, 5) is 12.4. The summed E-state index contributed by atoms with van der Waals surface area (Å²) in [5, 5.41) is 12.6. The van der Waals surface area contributed by atoms with Crippen molar-refractivity contribution in [3.63, 3.8) is 0 Å². The summed E-state index contributed by atoms with van der Waals surface area (Å²) in [5.74, 6) is 6.69. The molecular weight excluding hydrogens is 292 g/mol. The highest BCUT2D eigenvalue weighted by molar-refractivity contribution is 7.98.